The van der Waals surface area contributed by atoms with Crippen molar-refractivity contribution in [1.82, 2.24) is 9.55 Å². The van der Waals surface area contributed by atoms with E-state index in [0.29, 0.717) is 0 Å². The Bertz CT molecular complexity index is 462. The van der Waals surface area contributed by atoms with Crippen LogP contribution in [-0.2, 0) is 6.54 Å². The molecular weight excluding hydrogens is 268 g/mol. The average molecular weight is 281 g/mol. The normalized spacial score (nSPS) is 12.7. The third-order valence-electron chi connectivity index (χ3n) is 2.39. The number of rotatable bonds is 3. The molecule has 0 aliphatic carbocycles. The van der Waals surface area contributed by atoms with Crippen molar-refractivity contribution in [2.45, 2.75) is 19.6 Å². The zero-order valence-corrected chi connectivity index (χ0v) is 10.6. The van der Waals surface area contributed by atoms with Crippen molar-refractivity contribution in [3.63, 3.8) is 0 Å². The first-order valence-electron chi connectivity index (χ1n) is 5.09. The average Bonchev–Trinajstić information content (AvgIpc) is 2.70. The molecule has 0 radical (unpaired) electrons. The van der Waals surface area contributed by atoms with Gasteiger partial charge in [0, 0.05) is 23.1 Å². The van der Waals surface area contributed by atoms with Crippen molar-refractivity contribution < 1.29 is 5.11 Å². The molecule has 1 atom stereocenters. The summed E-state index contributed by atoms with van der Waals surface area (Å²) in [6, 6.07) is 5.87. The van der Waals surface area contributed by atoms with Crippen LogP contribution >= 0.6 is 15.9 Å². The summed E-state index contributed by atoms with van der Waals surface area (Å²) in [5, 5.41) is 9.40. The molecule has 84 valence electrons. The molecule has 0 saturated heterocycles. The van der Waals surface area contributed by atoms with Crippen LogP contribution in [0.4, 0.5) is 0 Å². The van der Waals surface area contributed by atoms with Crippen molar-refractivity contribution in [3.8, 4) is 0 Å². The maximum atomic E-state index is 9.40. The van der Waals surface area contributed by atoms with E-state index in [1.807, 2.05) is 35.2 Å². The Labute approximate surface area is 103 Å². The van der Waals surface area contributed by atoms with E-state index in [4.69, 9.17) is 0 Å². The number of aliphatic hydroxyl groups is 1. The molecule has 2 heterocycles. The molecular formula is C12H13BrN2O. The molecule has 0 bridgehead atoms. The first kappa shape index (κ1) is 11.4. The lowest BCUT2D eigenvalue weighted by molar-refractivity contribution is 0.199. The number of halogens is 1. The highest BCUT2D eigenvalue weighted by Gasteiger charge is 2.03. The van der Waals surface area contributed by atoms with Crippen LogP contribution in [-0.4, -0.2) is 14.7 Å². The van der Waals surface area contributed by atoms with Gasteiger partial charge in [0.05, 0.1) is 18.3 Å². The van der Waals surface area contributed by atoms with Gasteiger partial charge in [-0.15, -0.1) is 0 Å². The number of aromatic nitrogens is 2. The largest absolute Gasteiger partial charge is 0.389 e. The summed E-state index contributed by atoms with van der Waals surface area (Å²) in [7, 11) is 0. The van der Waals surface area contributed by atoms with Gasteiger partial charge >= 0.3 is 0 Å². The molecule has 2 aromatic rings. The van der Waals surface area contributed by atoms with Gasteiger partial charge in [-0.25, -0.2) is 0 Å². The van der Waals surface area contributed by atoms with Crippen LogP contribution in [0.5, 0.6) is 0 Å². The second-order valence-electron chi connectivity index (χ2n) is 3.76. The lowest BCUT2D eigenvalue weighted by Crippen LogP contribution is -1.99. The highest BCUT2D eigenvalue weighted by molar-refractivity contribution is 9.10. The van der Waals surface area contributed by atoms with Crippen LogP contribution in [0, 0.1) is 0 Å². The van der Waals surface area contributed by atoms with Crippen LogP contribution in [0.25, 0.3) is 0 Å². The predicted octanol–water partition coefficient (Wildman–Crippen LogP) is 2.75. The molecule has 0 aromatic carbocycles. The summed E-state index contributed by atoms with van der Waals surface area (Å²) >= 11 is 3.35. The third kappa shape index (κ3) is 2.71. The fourth-order valence-corrected chi connectivity index (χ4v) is 1.73. The molecule has 2 rings (SSSR count). The second-order valence-corrected chi connectivity index (χ2v) is 4.68. The Balaban J connectivity index is 2.11. The molecule has 4 heteroatoms. The summed E-state index contributed by atoms with van der Waals surface area (Å²) in [4.78, 5) is 4.30. The summed E-state index contributed by atoms with van der Waals surface area (Å²) in [5.74, 6) is 0. The van der Waals surface area contributed by atoms with Crippen LogP contribution < -0.4 is 0 Å². The number of aliphatic hydroxyl groups excluding tert-OH is 1. The number of pyridine rings is 1. The van der Waals surface area contributed by atoms with Gasteiger partial charge in [-0.2, -0.15) is 0 Å². The van der Waals surface area contributed by atoms with Gasteiger partial charge in [0.25, 0.3) is 0 Å². The SMILES string of the molecule is CC(O)c1ccn(Cc2ccc(Br)cn2)c1. The molecule has 0 amide bonds. The van der Waals surface area contributed by atoms with Gasteiger partial charge in [-0.05, 0) is 46.6 Å². The van der Waals surface area contributed by atoms with E-state index in [0.717, 1.165) is 22.3 Å². The van der Waals surface area contributed by atoms with Crippen molar-refractivity contribution in [2.24, 2.45) is 0 Å². The Morgan fingerprint density at radius 2 is 2.25 bits per heavy atom. The molecule has 0 aliphatic rings. The topological polar surface area (TPSA) is 38.0 Å². The monoisotopic (exact) mass is 280 g/mol. The van der Waals surface area contributed by atoms with E-state index in [1.54, 1.807) is 13.1 Å². The van der Waals surface area contributed by atoms with E-state index >= 15 is 0 Å². The number of nitrogens with zero attached hydrogens (tertiary/aromatic N) is 2. The van der Waals surface area contributed by atoms with Crippen LogP contribution in [0.2, 0.25) is 0 Å². The summed E-state index contributed by atoms with van der Waals surface area (Å²) in [6.45, 7) is 2.48. The van der Waals surface area contributed by atoms with E-state index < -0.39 is 6.10 Å². The summed E-state index contributed by atoms with van der Waals surface area (Å²) in [6.07, 6.45) is 5.26. The van der Waals surface area contributed by atoms with Gasteiger partial charge in [0.15, 0.2) is 0 Å². The zero-order chi connectivity index (χ0) is 11.5. The van der Waals surface area contributed by atoms with Gasteiger partial charge in [-0.1, -0.05) is 0 Å². The smallest absolute Gasteiger partial charge is 0.0776 e. The first-order chi connectivity index (χ1) is 7.65. The molecule has 2 aromatic heterocycles. The molecule has 1 N–H and O–H groups in total. The quantitative estimate of drug-likeness (QED) is 0.939. The maximum absolute atomic E-state index is 9.40. The van der Waals surface area contributed by atoms with E-state index in [2.05, 4.69) is 20.9 Å². The molecule has 16 heavy (non-hydrogen) atoms. The summed E-state index contributed by atoms with van der Waals surface area (Å²) < 4.78 is 2.99. The van der Waals surface area contributed by atoms with Crippen molar-refractivity contribution >= 4 is 15.9 Å². The van der Waals surface area contributed by atoms with Gasteiger partial charge in [0.2, 0.25) is 0 Å². The fourth-order valence-electron chi connectivity index (χ4n) is 1.49. The van der Waals surface area contributed by atoms with Gasteiger partial charge in [0.1, 0.15) is 0 Å². The first-order valence-corrected chi connectivity index (χ1v) is 5.88. The molecule has 0 aliphatic heterocycles. The van der Waals surface area contributed by atoms with Crippen LogP contribution in [0.3, 0.4) is 0 Å². The Morgan fingerprint density at radius 3 is 2.81 bits per heavy atom. The number of hydrogen-bond acceptors (Lipinski definition) is 2. The standard InChI is InChI=1S/C12H13BrN2O/c1-9(16)10-4-5-15(7-10)8-12-3-2-11(13)6-14-12/h2-7,9,16H,8H2,1H3. The molecule has 0 saturated carbocycles. The van der Waals surface area contributed by atoms with Crippen molar-refractivity contribution in [2.75, 3.05) is 0 Å². The minimum atomic E-state index is -0.417. The van der Waals surface area contributed by atoms with Crippen molar-refractivity contribution in [3.05, 3.63) is 52.5 Å². The Hall–Kier alpha value is -1.13. The predicted molar refractivity (Wildman–Crippen MR) is 66.1 cm³/mol. The lowest BCUT2D eigenvalue weighted by Gasteiger charge is -2.03. The minimum Gasteiger partial charge on any atom is -0.389 e. The van der Waals surface area contributed by atoms with E-state index in [-0.39, 0.29) is 0 Å². The molecule has 0 fully saturated rings. The van der Waals surface area contributed by atoms with Gasteiger partial charge in [-0.3, -0.25) is 4.98 Å². The van der Waals surface area contributed by atoms with Gasteiger partial charge < -0.3 is 9.67 Å². The maximum Gasteiger partial charge on any atom is 0.0776 e. The fraction of sp³-hybridized carbons (Fsp3) is 0.250. The number of hydrogen-bond donors (Lipinski definition) is 1. The third-order valence-corrected chi connectivity index (χ3v) is 2.86. The highest BCUT2D eigenvalue weighted by Crippen LogP contribution is 2.13. The van der Waals surface area contributed by atoms with Crippen molar-refractivity contribution in [1.29, 1.82) is 0 Å². The molecule has 1 unspecified atom stereocenters. The zero-order valence-electron chi connectivity index (χ0n) is 8.97. The minimum absolute atomic E-state index is 0.417. The lowest BCUT2D eigenvalue weighted by atomic mass is 10.2. The highest BCUT2D eigenvalue weighted by atomic mass is 79.9. The van der Waals surface area contributed by atoms with Crippen LogP contribution in [0.15, 0.2) is 41.3 Å². The Morgan fingerprint density at radius 1 is 1.44 bits per heavy atom. The molecule has 3 nitrogen and oxygen atoms in total. The van der Waals surface area contributed by atoms with Crippen LogP contribution in [0.1, 0.15) is 24.3 Å². The Kier molecular flexibility index (Phi) is 3.41. The summed E-state index contributed by atoms with van der Waals surface area (Å²) in [5.41, 5.74) is 1.92. The van der Waals surface area contributed by atoms with E-state index in [1.165, 1.54) is 0 Å². The second kappa shape index (κ2) is 4.80. The molecule has 0 spiro atoms. The van der Waals surface area contributed by atoms with E-state index in [9.17, 15) is 5.11 Å².